The van der Waals surface area contributed by atoms with Gasteiger partial charge >= 0.3 is 18.0 Å². The Kier molecular flexibility index (Phi) is 9.61. The molecule has 41 heavy (non-hydrogen) atoms. The van der Waals surface area contributed by atoms with E-state index in [-0.39, 0.29) is 18.0 Å². The summed E-state index contributed by atoms with van der Waals surface area (Å²) in [4.78, 5) is 54.6. The van der Waals surface area contributed by atoms with Gasteiger partial charge in [0, 0.05) is 43.3 Å². The number of fused-ring (bicyclic) bond motifs is 1. The molecule has 0 spiro atoms. The van der Waals surface area contributed by atoms with Crippen LogP contribution >= 0.6 is 11.3 Å². The van der Waals surface area contributed by atoms with Crippen molar-refractivity contribution in [3.63, 3.8) is 0 Å². The maximum Gasteiger partial charge on any atom is 0.323 e. The average Bonchev–Trinajstić information content (AvgIpc) is 3.51. The summed E-state index contributed by atoms with van der Waals surface area (Å²) >= 11 is 1.31. The van der Waals surface area contributed by atoms with Gasteiger partial charge in [-0.1, -0.05) is 6.07 Å². The lowest BCUT2D eigenvalue weighted by atomic mass is 9.79. The van der Waals surface area contributed by atoms with Crippen LogP contribution in [-0.2, 0) is 4.79 Å². The first-order chi connectivity index (χ1) is 19.6. The summed E-state index contributed by atoms with van der Waals surface area (Å²) in [5.41, 5.74) is 16.8. The fourth-order valence-corrected chi connectivity index (χ4v) is 6.20. The van der Waals surface area contributed by atoms with Crippen LogP contribution in [0.5, 0.6) is 0 Å². The van der Waals surface area contributed by atoms with E-state index in [0.29, 0.717) is 33.6 Å². The van der Waals surface area contributed by atoms with E-state index in [1.165, 1.54) is 16.2 Å². The molecule has 4 heterocycles. The number of aromatic nitrogens is 1. The number of pyridine rings is 1. The van der Waals surface area contributed by atoms with Gasteiger partial charge in [0.15, 0.2) is 0 Å². The Morgan fingerprint density at radius 2 is 1.51 bits per heavy atom. The number of benzene rings is 1. The Labute approximate surface area is 241 Å². The minimum Gasteiger partial charge on any atom is -0.480 e. The van der Waals surface area contributed by atoms with Crippen molar-refractivity contribution < 1.29 is 24.3 Å². The van der Waals surface area contributed by atoms with E-state index >= 15 is 0 Å². The number of hydrogen-bond acceptors (Lipinski definition) is 7. The van der Waals surface area contributed by atoms with E-state index < -0.39 is 12.5 Å². The van der Waals surface area contributed by atoms with Crippen molar-refractivity contribution in [3.05, 3.63) is 53.5 Å². The Morgan fingerprint density at radius 3 is 2.00 bits per heavy atom. The summed E-state index contributed by atoms with van der Waals surface area (Å²) < 4.78 is 0. The minimum absolute atomic E-state index is 0.308. The highest BCUT2D eigenvalue weighted by molar-refractivity contribution is 7.14. The van der Waals surface area contributed by atoms with Crippen LogP contribution in [-0.4, -0.2) is 76.6 Å². The van der Waals surface area contributed by atoms with Crippen molar-refractivity contribution in [2.75, 3.05) is 43.4 Å². The number of carboxylic acid groups (broad SMARTS) is 1. The fraction of sp³-hybridized carbons (Fsp3) is 0.393. The Balaban J connectivity index is 0.000000195. The number of nitrogens with two attached hydrogens (primary N) is 3. The molecule has 0 saturated carbocycles. The molecule has 2 saturated heterocycles. The SMILES string of the molecule is NC(=O)N1CCC(C2CCN(C(N)=O)CC2)CC1.Nc1nccc2ccc(C(=O)N(CC(=O)O)c3cccs3)cc12. The van der Waals surface area contributed by atoms with Gasteiger partial charge in [-0.25, -0.2) is 14.6 Å². The summed E-state index contributed by atoms with van der Waals surface area (Å²) in [6, 6.07) is 9.73. The molecular weight excluding hydrogens is 546 g/mol. The van der Waals surface area contributed by atoms with Crippen LogP contribution in [0, 0.1) is 11.8 Å². The molecule has 0 atom stereocenters. The third-order valence-corrected chi connectivity index (χ3v) is 8.62. The van der Waals surface area contributed by atoms with Gasteiger partial charge in [0.05, 0.1) is 5.00 Å². The third kappa shape index (κ3) is 7.42. The number of urea groups is 2. The minimum atomic E-state index is -1.08. The van der Waals surface area contributed by atoms with Gasteiger partial charge in [-0.15, -0.1) is 11.3 Å². The molecule has 0 bridgehead atoms. The molecule has 1 aromatic carbocycles. The number of thiophene rings is 1. The summed E-state index contributed by atoms with van der Waals surface area (Å²) in [5.74, 6) is 0.193. The molecule has 0 radical (unpaired) electrons. The highest BCUT2D eigenvalue weighted by Gasteiger charge is 2.31. The van der Waals surface area contributed by atoms with Crippen LogP contribution in [0.3, 0.4) is 0 Å². The summed E-state index contributed by atoms with van der Waals surface area (Å²) in [7, 11) is 0. The van der Waals surface area contributed by atoms with Crippen molar-refractivity contribution in [1.29, 1.82) is 0 Å². The number of primary amides is 2. The predicted octanol–water partition coefficient (Wildman–Crippen LogP) is 3.18. The summed E-state index contributed by atoms with van der Waals surface area (Å²) in [5, 5.41) is 13.0. The first kappa shape index (κ1) is 29.6. The maximum atomic E-state index is 12.7. The number of amides is 5. The van der Waals surface area contributed by atoms with E-state index in [1.54, 1.807) is 57.8 Å². The van der Waals surface area contributed by atoms with Crippen molar-refractivity contribution in [2.24, 2.45) is 23.3 Å². The van der Waals surface area contributed by atoms with Crippen molar-refractivity contribution in [1.82, 2.24) is 14.8 Å². The Bertz CT molecular complexity index is 1350. The van der Waals surface area contributed by atoms with Crippen LogP contribution in [0.25, 0.3) is 10.8 Å². The molecule has 2 fully saturated rings. The Morgan fingerprint density at radius 1 is 0.927 bits per heavy atom. The molecule has 2 aliphatic heterocycles. The second-order valence-corrected chi connectivity index (χ2v) is 11.1. The van der Waals surface area contributed by atoms with Crippen molar-refractivity contribution in [2.45, 2.75) is 25.7 Å². The van der Waals surface area contributed by atoms with Gasteiger partial charge in [-0.05, 0) is 78.6 Å². The topological polar surface area (TPSA) is 189 Å². The zero-order chi connectivity index (χ0) is 29.5. The second kappa shape index (κ2) is 13.3. The van der Waals surface area contributed by atoms with E-state index in [2.05, 4.69) is 4.98 Å². The molecule has 5 rings (SSSR count). The molecule has 2 aromatic heterocycles. The molecular formula is C28H35N7O5S. The number of rotatable bonds is 5. The number of nitrogen functional groups attached to an aromatic ring is 1. The number of aliphatic carboxylic acids is 1. The lowest BCUT2D eigenvalue weighted by Gasteiger charge is -2.39. The maximum absolute atomic E-state index is 12.7. The highest BCUT2D eigenvalue weighted by Crippen LogP contribution is 2.32. The highest BCUT2D eigenvalue weighted by atomic mass is 32.1. The van der Waals surface area contributed by atoms with E-state index in [9.17, 15) is 19.2 Å². The molecule has 0 aliphatic carbocycles. The summed E-state index contributed by atoms with van der Waals surface area (Å²) in [6.45, 7) is 2.69. The number of carbonyl (C=O) groups is 4. The quantitative estimate of drug-likeness (QED) is 0.356. The molecule has 0 unspecified atom stereocenters. The number of carboxylic acids is 1. The van der Waals surface area contributed by atoms with Gasteiger partial charge in [0.25, 0.3) is 5.91 Å². The molecule has 3 aromatic rings. The van der Waals surface area contributed by atoms with E-state index in [0.717, 1.165) is 57.2 Å². The lowest BCUT2D eigenvalue weighted by molar-refractivity contribution is -0.135. The summed E-state index contributed by atoms with van der Waals surface area (Å²) in [6.07, 6.45) is 5.73. The number of piperidine rings is 2. The van der Waals surface area contributed by atoms with Crippen molar-refractivity contribution in [3.8, 4) is 0 Å². The molecule has 7 N–H and O–H groups in total. The van der Waals surface area contributed by atoms with Gasteiger partial charge in [0.1, 0.15) is 12.4 Å². The van der Waals surface area contributed by atoms with E-state index in [4.69, 9.17) is 22.3 Å². The number of anilines is 2. The van der Waals surface area contributed by atoms with Crippen LogP contribution in [0.4, 0.5) is 20.4 Å². The van der Waals surface area contributed by atoms with Gasteiger partial charge in [-0.2, -0.15) is 0 Å². The smallest absolute Gasteiger partial charge is 0.323 e. The molecule has 5 amide bonds. The number of likely N-dealkylation sites (tertiary alicyclic amines) is 2. The predicted molar refractivity (Wildman–Crippen MR) is 158 cm³/mol. The van der Waals surface area contributed by atoms with E-state index in [1.807, 2.05) is 0 Å². The second-order valence-electron chi connectivity index (χ2n) is 10.2. The Hall–Kier alpha value is -4.39. The van der Waals surface area contributed by atoms with Gasteiger partial charge in [-0.3, -0.25) is 14.5 Å². The van der Waals surface area contributed by atoms with Gasteiger partial charge < -0.3 is 32.1 Å². The average molecular weight is 582 g/mol. The van der Waals surface area contributed by atoms with Crippen LogP contribution in [0.1, 0.15) is 36.0 Å². The van der Waals surface area contributed by atoms with Crippen LogP contribution < -0.4 is 22.1 Å². The van der Waals surface area contributed by atoms with Crippen LogP contribution in [0.15, 0.2) is 48.0 Å². The zero-order valence-corrected chi connectivity index (χ0v) is 23.5. The first-order valence-electron chi connectivity index (χ1n) is 13.4. The largest absolute Gasteiger partial charge is 0.480 e. The van der Waals surface area contributed by atoms with Crippen LogP contribution in [0.2, 0.25) is 0 Å². The standard InChI is InChI=1S/C16H13N3O3S.C12H22N4O2/c17-15-12-8-11(4-3-10(12)5-6-18-15)16(22)19(9-14(20)21)13-2-1-7-23-13;13-11(17)15-5-1-9(2-6-15)10-3-7-16(8-4-10)12(14)18/h1-8H,9H2,(H2,17,18)(H,20,21);9-10H,1-8H2,(H2,13,17)(H2,14,18). The number of nitrogens with zero attached hydrogens (tertiary/aromatic N) is 4. The van der Waals surface area contributed by atoms with Gasteiger partial charge in [0.2, 0.25) is 0 Å². The normalized spacial score (nSPS) is 16.1. The number of hydrogen-bond donors (Lipinski definition) is 4. The monoisotopic (exact) mass is 581 g/mol. The molecule has 218 valence electrons. The molecule has 2 aliphatic rings. The van der Waals surface area contributed by atoms with Crippen molar-refractivity contribution >= 4 is 56.9 Å². The number of carbonyl (C=O) groups excluding carboxylic acids is 3. The first-order valence-corrected chi connectivity index (χ1v) is 14.3. The molecule has 13 heteroatoms. The fourth-order valence-electron chi connectivity index (χ4n) is 5.47. The molecule has 12 nitrogen and oxygen atoms in total. The lowest BCUT2D eigenvalue weighted by Crippen LogP contribution is -2.46. The third-order valence-electron chi connectivity index (χ3n) is 7.72. The zero-order valence-electron chi connectivity index (χ0n) is 22.6.